The van der Waals surface area contributed by atoms with Gasteiger partial charge in [0.05, 0.1) is 12.1 Å². The summed E-state index contributed by atoms with van der Waals surface area (Å²) in [5.41, 5.74) is 3.00. The SMILES string of the molecule is CN(C)CCNC(=O)Cc1cn2c(C(=O)NCC34CC5CCC6(CC6C3)C5C4)cccc2n1. The van der Waals surface area contributed by atoms with Gasteiger partial charge in [-0.2, -0.15) is 0 Å². The summed E-state index contributed by atoms with van der Waals surface area (Å²) in [6, 6.07) is 5.60. The molecule has 0 aliphatic heterocycles. The molecular formula is C26H35N5O2. The molecule has 2 heterocycles. The monoisotopic (exact) mass is 449 g/mol. The molecule has 4 aliphatic carbocycles. The molecule has 5 unspecified atom stereocenters. The van der Waals surface area contributed by atoms with Crippen LogP contribution < -0.4 is 10.6 Å². The molecule has 4 aliphatic rings. The molecule has 2 amide bonds. The van der Waals surface area contributed by atoms with Crippen LogP contribution in [0, 0.1) is 28.6 Å². The normalized spacial score (nSPS) is 33.4. The molecule has 2 aromatic rings. The molecule has 0 saturated heterocycles. The number of carbonyl (C=O) groups is 2. The number of amides is 2. The van der Waals surface area contributed by atoms with E-state index >= 15 is 0 Å². The van der Waals surface area contributed by atoms with Crippen molar-refractivity contribution in [3.05, 3.63) is 35.8 Å². The Hall–Kier alpha value is -2.41. The largest absolute Gasteiger partial charge is 0.354 e. The zero-order valence-electron chi connectivity index (χ0n) is 19.8. The number of pyridine rings is 1. The first-order valence-electron chi connectivity index (χ1n) is 12.5. The molecule has 7 heteroatoms. The lowest BCUT2D eigenvalue weighted by Crippen LogP contribution is -2.39. The number of fused-ring (bicyclic) bond motifs is 2. The number of aromatic nitrogens is 2. The highest BCUT2D eigenvalue weighted by Gasteiger charge is 2.72. The number of imidazole rings is 1. The molecule has 2 N–H and O–H groups in total. The second-order valence-corrected chi connectivity index (χ2v) is 11.5. The third-order valence-electron chi connectivity index (χ3n) is 9.22. The summed E-state index contributed by atoms with van der Waals surface area (Å²) in [6.45, 7) is 2.20. The second kappa shape index (κ2) is 7.55. The number of carbonyl (C=O) groups excluding carboxylic acids is 2. The van der Waals surface area contributed by atoms with Crippen molar-refractivity contribution in [1.82, 2.24) is 24.9 Å². The zero-order chi connectivity index (χ0) is 22.8. The minimum Gasteiger partial charge on any atom is -0.354 e. The predicted molar refractivity (Wildman–Crippen MR) is 126 cm³/mol. The molecule has 6 rings (SSSR count). The number of nitrogens with one attached hydrogen (secondary N) is 2. The molecule has 2 bridgehead atoms. The van der Waals surface area contributed by atoms with Crippen LogP contribution in [0.3, 0.4) is 0 Å². The van der Waals surface area contributed by atoms with Crippen molar-refractivity contribution < 1.29 is 9.59 Å². The molecule has 0 aromatic carbocycles. The Labute approximate surface area is 195 Å². The maximum Gasteiger partial charge on any atom is 0.268 e. The van der Waals surface area contributed by atoms with Gasteiger partial charge < -0.3 is 15.5 Å². The fourth-order valence-electron chi connectivity index (χ4n) is 7.71. The van der Waals surface area contributed by atoms with Gasteiger partial charge in [-0.1, -0.05) is 6.07 Å². The smallest absolute Gasteiger partial charge is 0.268 e. The van der Waals surface area contributed by atoms with Gasteiger partial charge in [0.15, 0.2) is 0 Å². The molecule has 33 heavy (non-hydrogen) atoms. The second-order valence-electron chi connectivity index (χ2n) is 11.5. The first-order chi connectivity index (χ1) is 15.9. The number of nitrogens with zero attached hydrogens (tertiary/aromatic N) is 3. The quantitative estimate of drug-likeness (QED) is 0.649. The molecule has 1 spiro atoms. The van der Waals surface area contributed by atoms with Crippen LogP contribution in [0.4, 0.5) is 0 Å². The van der Waals surface area contributed by atoms with Crippen LogP contribution in [0.2, 0.25) is 0 Å². The summed E-state index contributed by atoms with van der Waals surface area (Å²) in [7, 11) is 3.96. The van der Waals surface area contributed by atoms with E-state index in [4.69, 9.17) is 0 Å². The van der Waals surface area contributed by atoms with Gasteiger partial charge in [0.2, 0.25) is 5.91 Å². The van der Waals surface area contributed by atoms with Crippen molar-refractivity contribution in [2.75, 3.05) is 33.7 Å². The highest BCUT2D eigenvalue weighted by Crippen LogP contribution is 2.79. The lowest BCUT2D eigenvalue weighted by Gasteiger charge is -2.36. The van der Waals surface area contributed by atoms with Crippen molar-refractivity contribution >= 4 is 17.5 Å². The Morgan fingerprint density at radius 3 is 2.91 bits per heavy atom. The van der Waals surface area contributed by atoms with Crippen LogP contribution in [0.1, 0.15) is 54.7 Å². The van der Waals surface area contributed by atoms with Crippen molar-refractivity contribution in [2.24, 2.45) is 28.6 Å². The summed E-state index contributed by atoms with van der Waals surface area (Å²) < 4.78 is 1.83. The van der Waals surface area contributed by atoms with Crippen molar-refractivity contribution in [3.63, 3.8) is 0 Å². The summed E-state index contributed by atoms with van der Waals surface area (Å²) in [5.74, 6) is 2.66. The summed E-state index contributed by atoms with van der Waals surface area (Å²) in [4.78, 5) is 32.1. The van der Waals surface area contributed by atoms with Gasteiger partial charge in [-0.3, -0.25) is 14.0 Å². The van der Waals surface area contributed by atoms with Gasteiger partial charge >= 0.3 is 0 Å². The average Bonchev–Trinajstić information content (AvgIpc) is 3.03. The summed E-state index contributed by atoms with van der Waals surface area (Å²) in [6.07, 6.45) is 10.3. The molecular weight excluding hydrogens is 414 g/mol. The average molecular weight is 450 g/mol. The Kier molecular flexibility index (Phi) is 4.84. The lowest BCUT2D eigenvalue weighted by molar-refractivity contribution is -0.120. The van der Waals surface area contributed by atoms with Crippen molar-refractivity contribution in [1.29, 1.82) is 0 Å². The first kappa shape index (κ1) is 21.1. The first-order valence-corrected chi connectivity index (χ1v) is 12.5. The fraction of sp³-hybridized carbons (Fsp3) is 0.654. The van der Waals surface area contributed by atoms with E-state index in [1.165, 1.54) is 38.5 Å². The molecule has 4 fully saturated rings. The van der Waals surface area contributed by atoms with E-state index in [9.17, 15) is 9.59 Å². The number of likely N-dealkylation sites (N-methyl/N-ethyl adjacent to an activating group) is 1. The molecule has 5 atom stereocenters. The Morgan fingerprint density at radius 2 is 2.06 bits per heavy atom. The van der Waals surface area contributed by atoms with Gasteiger partial charge in [0, 0.05) is 25.8 Å². The van der Waals surface area contributed by atoms with E-state index in [0.29, 0.717) is 34.4 Å². The van der Waals surface area contributed by atoms with E-state index in [0.717, 1.165) is 30.8 Å². The van der Waals surface area contributed by atoms with Crippen LogP contribution in [-0.2, 0) is 11.2 Å². The van der Waals surface area contributed by atoms with Crippen LogP contribution in [0.5, 0.6) is 0 Å². The third-order valence-corrected chi connectivity index (χ3v) is 9.22. The fourth-order valence-corrected chi connectivity index (χ4v) is 7.71. The van der Waals surface area contributed by atoms with E-state index in [2.05, 4.69) is 15.6 Å². The van der Waals surface area contributed by atoms with Crippen LogP contribution in [0.25, 0.3) is 5.65 Å². The molecule has 4 saturated carbocycles. The topological polar surface area (TPSA) is 78.7 Å². The Bertz CT molecular complexity index is 1110. The number of rotatable bonds is 8. The third kappa shape index (κ3) is 3.56. The van der Waals surface area contributed by atoms with Crippen molar-refractivity contribution in [3.8, 4) is 0 Å². The Morgan fingerprint density at radius 1 is 1.18 bits per heavy atom. The van der Waals surface area contributed by atoms with Crippen LogP contribution in [-0.4, -0.2) is 59.8 Å². The van der Waals surface area contributed by atoms with Gasteiger partial charge in [-0.05, 0) is 93.3 Å². The standard InChI is InChI=1S/C26H35N5O2/c1-30(2)9-8-27-23(32)10-19-15-31-21(4-3-5-22(31)29-19)24(33)28-16-25-11-17-6-7-26(20(17)14-25)13-18(26)12-25/h3-5,15,17-18,20H,6-14,16H2,1-2H3,(H,27,32)(H,28,33). The Balaban J connectivity index is 1.12. The van der Waals surface area contributed by atoms with E-state index in [1.54, 1.807) is 0 Å². The number of hydrogen-bond donors (Lipinski definition) is 2. The van der Waals surface area contributed by atoms with E-state index in [-0.39, 0.29) is 18.2 Å². The van der Waals surface area contributed by atoms with Gasteiger partial charge in [0.25, 0.3) is 5.91 Å². The lowest BCUT2D eigenvalue weighted by atomic mass is 9.71. The highest BCUT2D eigenvalue weighted by atomic mass is 16.2. The maximum atomic E-state index is 13.2. The molecule has 2 aromatic heterocycles. The summed E-state index contributed by atoms with van der Waals surface area (Å²) in [5, 5.41) is 6.22. The van der Waals surface area contributed by atoms with Gasteiger partial charge in [-0.25, -0.2) is 4.98 Å². The van der Waals surface area contributed by atoms with E-state index in [1.807, 2.05) is 47.8 Å². The molecule has 0 radical (unpaired) electrons. The van der Waals surface area contributed by atoms with Gasteiger partial charge in [-0.15, -0.1) is 0 Å². The maximum absolute atomic E-state index is 13.2. The zero-order valence-corrected chi connectivity index (χ0v) is 19.8. The van der Waals surface area contributed by atoms with Gasteiger partial charge in [0.1, 0.15) is 11.3 Å². The molecule has 176 valence electrons. The minimum absolute atomic E-state index is 0.0425. The van der Waals surface area contributed by atoms with E-state index < -0.39 is 0 Å². The summed E-state index contributed by atoms with van der Waals surface area (Å²) >= 11 is 0. The van der Waals surface area contributed by atoms with Crippen molar-refractivity contribution in [2.45, 2.75) is 44.9 Å². The molecule has 7 nitrogen and oxygen atoms in total. The van der Waals surface area contributed by atoms with Crippen LogP contribution >= 0.6 is 0 Å². The highest BCUT2D eigenvalue weighted by molar-refractivity contribution is 5.93. The number of hydrogen-bond acceptors (Lipinski definition) is 4. The predicted octanol–water partition coefficient (Wildman–Crippen LogP) is 2.50. The minimum atomic E-state index is -0.0504. The van der Waals surface area contributed by atoms with Crippen LogP contribution in [0.15, 0.2) is 24.4 Å².